The standard InChI is InChI=1S/C23H22O7/c1-3-4-5-6-7-8-15(25)11-19(26)20-18-10-14-9-16(12-24)29-13-17(14)21(27)23(18,2)30-22(20)28/h3-8,10-11,13,16,24,26H,9,12H2,1-2H3/t16-,23-/m0/s1. The van der Waals surface area contributed by atoms with Gasteiger partial charge in [0, 0.05) is 18.1 Å². The Morgan fingerprint density at radius 1 is 1.27 bits per heavy atom. The summed E-state index contributed by atoms with van der Waals surface area (Å²) in [6.45, 7) is 3.06. The van der Waals surface area contributed by atoms with E-state index in [1.807, 2.05) is 13.0 Å². The van der Waals surface area contributed by atoms with Crippen LogP contribution in [0.5, 0.6) is 0 Å². The number of Topliss-reactive ketones (excluding diaryl/α,β-unsaturated/α-hetero) is 1. The fraction of sp³-hybridized carbons (Fsp3) is 0.261. The van der Waals surface area contributed by atoms with E-state index in [2.05, 4.69) is 0 Å². The summed E-state index contributed by atoms with van der Waals surface area (Å²) in [7, 11) is 0. The number of aliphatic hydroxyl groups is 2. The molecule has 7 nitrogen and oxygen atoms in total. The highest BCUT2D eigenvalue weighted by Crippen LogP contribution is 2.45. The number of hydrogen-bond donors (Lipinski definition) is 2. The minimum Gasteiger partial charge on any atom is -0.507 e. The predicted octanol–water partition coefficient (Wildman–Crippen LogP) is 2.47. The first kappa shape index (κ1) is 21.3. The van der Waals surface area contributed by atoms with Crippen molar-refractivity contribution in [3.8, 4) is 0 Å². The fourth-order valence-electron chi connectivity index (χ4n) is 3.42. The number of aliphatic hydroxyl groups excluding tert-OH is 2. The van der Waals surface area contributed by atoms with Crippen LogP contribution in [0, 0.1) is 0 Å². The van der Waals surface area contributed by atoms with Crippen molar-refractivity contribution in [2.45, 2.75) is 32.0 Å². The Labute approximate surface area is 173 Å². The molecule has 2 heterocycles. The van der Waals surface area contributed by atoms with Crippen molar-refractivity contribution in [2.24, 2.45) is 0 Å². The van der Waals surface area contributed by atoms with Gasteiger partial charge in [-0.05, 0) is 31.6 Å². The molecule has 2 atom stereocenters. The number of esters is 1. The van der Waals surface area contributed by atoms with Crippen molar-refractivity contribution < 1.29 is 34.1 Å². The summed E-state index contributed by atoms with van der Waals surface area (Å²) in [5, 5.41) is 19.8. The zero-order valence-electron chi connectivity index (χ0n) is 16.6. The van der Waals surface area contributed by atoms with Gasteiger partial charge in [0.2, 0.25) is 5.78 Å². The lowest BCUT2D eigenvalue weighted by atomic mass is 9.76. The van der Waals surface area contributed by atoms with Gasteiger partial charge in [-0.25, -0.2) is 4.79 Å². The highest BCUT2D eigenvalue weighted by Gasteiger charge is 2.54. The maximum atomic E-state index is 13.0. The number of carbonyl (C=O) groups excluding carboxylic acids is 3. The van der Waals surface area contributed by atoms with Crippen molar-refractivity contribution in [3.63, 3.8) is 0 Å². The van der Waals surface area contributed by atoms with Crippen LogP contribution in [0.1, 0.15) is 20.3 Å². The van der Waals surface area contributed by atoms with Crippen molar-refractivity contribution in [2.75, 3.05) is 6.61 Å². The van der Waals surface area contributed by atoms with E-state index in [4.69, 9.17) is 9.47 Å². The quantitative estimate of drug-likeness (QED) is 0.300. The number of fused-ring (bicyclic) bond motifs is 2. The van der Waals surface area contributed by atoms with E-state index in [-0.39, 0.29) is 29.7 Å². The highest BCUT2D eigenvalue weighted by atomic mass is 16.6. The summed E-state index contributed by atoms with van der Waals surface area (Å²) < 4.78 is 10.6. The van der Waals surface area contributed by atoms with E-state index in [9.17, 15) is 24.6 Å². The molecule has 0 spiro atoms. The molecule has 0 aromatic heterocycles. The van der Waals surface area contributed by atoms with Gasteiger partial charge in [-0.3, -0.25) is 9.59 Å². The molecule has 0 saturated heterocycles. The molecule has 0 saturated carbocycles. The second kappa shape index (κ2) is 8.51. The summed E-state index contributed by atoms with van der Waals surface area (Å²) in [5.74, 6) is -2.49. The largest absolute Gasteiger partial charge is 0.507 e. The Bertz CT molecular complexity index is 1000. The van der Waals surface area contributed by atoms with Gasteiger partial charge in [0.15, 0.2) is 11.4 Å². The molecule has 0 amide bonds. The van der Waals surface area contributed by atoms with E-state index in [1.54, 1.807) is 24.3 Å². The van der Waals surface area contributed by atoms with Crippen LogP contribution in [0.3, 0.4) is 0 Å². The summed E-state index contributed by atoms with van der Waals surface area (Å²) in [4.78, 5) is 37.5. The third-order valence-corrected chi connectivity index (χ3v) is 4.98. The summed E-state index contributed by atoms with van der Waals surface area (Å²) in [6.07, 6.45) is 13.2. The zero-order valence-corrected chi connectivity index (χ0v) is 16.6. The van der Waals surface area contributed by atoms with Gasteiger partial charge in [-0.2, -0.15) is 0 Å². The molecule has 0 aromatic rings. The number of carbonyl (C=O) groups is 3. The highest BCUT2D eigenvalue weighted by molar-refractivity contribution is 6.15. The number of hydrogen-bond acceptors (Lipinski definition) is 7. The second-order valence-corrected chi connectivity index (χ2v) is 7.09. The Morgan fingerprint density at radius 3 is 2.70 bits per heavy atom. The topological polar surface area (TPSA) is 110 Å². The minimum atomic E-state index is -1.62. The van der Waals surface area contributed by atoms with E-state index >= 15 is 0 Å². The molecule has 0 bridgehead atoms. The number of ketones is 2. The molecule has 30 heavy (non-hydrogen) atoms. The number of ether oxygens (including phenoxy) is 2. The minimum absolute atomic E-state index is 0.182. The van der Waals surface area contributed by atoms with Gasteiger partial charge in [0.25, 0.3) is 0 Å². The Morgan fingerprint density at radius 2 is 2.00 bits per heavy atom. The first-order valence-corrected chi connectivity index (χ1v) is 9.43. The van der Waals surface area contributed by atoms with Crippen LogP contribution in [-0.2, 0) is 23.9 Å². The Hall–Kier alpha value is -3.45. The normalized spacial score (nSPS) is 26.6. The van der Waals surface area contributed by atoms with Gasteiger partial charge >= 0.3 is 5.97 Å². The molecule has 0 radical (unpaired) electrons. The lowest BCUT2D eigenvalue weighted by molar-refractivity contribution is -0.152. The van der Waals surface area contributed by atoms with Crippen LogP contribution in [0.15, 0.2) is 82.9 Å². The monoisotopic (exact) mass is 410 g/mol. The summed E-state index contributed by atoms with van der Waals surface area (Å²) in [6, 6.07) is 0. The third kappa shape index (κ3) is 3.84. The molecule has 0 fully saturated rings. The van der Waals surface area contributed by atoms with E-state index in [0.717, 1.165) is 6.08 Å². The average molecular weight is 410 g/mol. The van der Waals surface area contributed by atoms with E-state index < -0.39 is 35.0 Å². The molecule has 7 heteroatoms. The van der Waals surface area contributed by atoms with Crippen LogP contribution in [0.2, 0.25) is 0 Å². The summed E-state index contributed by atoms with van der Waals surface area (Å²) in [5.41, 5.74) is -0.831. The van der Waals surface area contributed by atoms with Crippen LogP contribution in [-0.4, -0.2) is 46.1 Å². The first-order valence-electron chi connectivity index (χ1n) is 9.43. The molecule has 0 unspecified atom stereocenters. The van der Waals surface area contributed by atoms with Gasteiger partial charge in [-0.1, -0.05) is 30.4 Å². The number of allylic oxidation sites excluding steroid dienone is 7. The molecule has 2 N–H and O–H groups in total. The molecule has 3 rings (SSSR count). The van der Waals surface area contributed by atoms with E-state index in [1.165, 1.54) is 25.3 Å². The first-order chi connectivity index (χ1) is 14.3. The predicted molar refractivity (Wildman–Crippen MR) is 108 cm³/mol. The molecule has 0 aromatic carbocycles. The zero-order chi connectivity index (χ0) is 21.9. The van der Waals surface area contributed by atoms with Crippen LogP contribution in [0.4, 0.5) is 0 Å². The molecule has 156 valence electrons. The van der Waals surface area contributed by atoms with Gasteiger partial charge in [0.05, 0.1) is 18.4 Å². The van der Waals surface area contributed by atoms with Crippen LogP contribution < -0.4 is 0 Å². The smallest absolute Gasteiger partial charge is 0.343 e. The fourth-order valence-corrected chi connectivity index (χ4v) is 3.42. The van der Waals surface area contributed by atoms with Gasteiger partial charge in [0.1, 0.15) is 17.4 Å². The molecular weight excluding hydrogens is 388 g/mol. The molecular formula is C23H22O7. The Kier molecular flexibility index (Phi) is 6.03. The SMILES string of the molecule is CC=CC=CC=CC(=O)C=C(O)C1=C2C=C3C[C@@H](CO)OC=C3C(=O)[C@@]2(C)OC1=O. The van der Waals surface area contributed by atoms with Crippen LogP contribution >= 0.6 is 0 Å². The lowest BCUT2D eigenvalue weighted by Gasteiger charge is -2.33. The van der Waals surface area contributed by atoms with Gasteiger partial charge < -0.3 is 19.7 Å². The molecule has 3 aliphatic rings. The van der Waals surface area contributed by atoms with E-state index in [0.29, 0.717) is 5.57 Å². The maximum absolute atomic E-state index is 13.0. The third-order valence-electron chi connectivity index (χ3n) is 4.98. The van der Waals surface area contributed by atoms with Crippen molar-refractivity contribution >= 4 is 17.5 Å². The maximum Gasteiger partial charge on any atom is 0.343 e. The van der Waals surface area contributed by atoms with Crippen LogP contribution in [0.25, 0.3) is 0 Å². The van der Waals surface area contributed by atoms with Crippen molar-refractivity contribution in [1.29, 1.82) is 0 Å². The molecule has 1 aliphatic carbocycles. The Balaban J connectivity index is 1.98. The summed E-state index contributed by atoms with van der Waals surface area (Å²) >= 11 is 0. The van der Waals surface area contributed by atoms with Crippen molar-refractivity contribution in [3.05, 3.63) is 82.9 Å². The number of rotatable bonds is 6. The second-order valence-electron chi connectivity index (χ2n) is 7.09. The lowest BCUT2D eigenvalue weighted by Crippen LogP contribution is -2.43. The molecule has 2 aliphatic heterocycles. The average Bonchev–Trinajstić information content (AvgIpc) is 2.98. The van der Waals surface area contributed by atoms with Gasteiger partial charge in [-0.15, -0.1) is 0 Å². The van der Waals surface area contributed by atoms with Crippen molar-refractivity contribution in [1.82, 2.24) is 0 Å².